The molecule has 2 aromatic rings. The van der Waals surface area contributed by atoms with E-state index in [2.05, 4.69) is 17.0 Å². The van der Waals surface area contributed by atoms with Crippen LogP contribution in [0.3, 0.4) is 0 Å². The zero-order valence-electron chi connectivity index (χ0n) is 13.3. The molecular formula is C18H19FN4O. The van der Waals surface area contributed by atoms with Crippen molar-refractivity contribution in [1.82, 2.24) is 9.78 Å². The molecule has 0 saturated carbocycles. The molecule has 0 spiro atoms. The fraction of sp³-hybridized carbons (Fsp3) is 0.333. The summed E-state index contributed by atoms with van der Waals surface area (Å²) in [4.78, 5) is 13.0. The smallest absolute Gasteiger partial charge is 0.256 e. The molecule has 3 N–H and O–H groups in total. The topological polar surface area (TPSA) is 72.9 Å². The van der Waals surface area contributed by atoms with E-state index < -0.39 is 5.92 Å². The van der Waals surface area contributed by atoms with Crippen LogP contribution in [0.4, 0.5) is 15.9 Å². The van der Waals surface area contributed by atoms with Gasteiger partial charge in [0, 0.05) is 17.8 Å². The number of aryl methyl sites for hydroxylation is 1. The maximum atomic E-state index is 13.6. The first-order valence-corrected chi connectivity index (χ1v) is 8.15. The number of hydrogen-bond acceptors (Lipinski definition) is 4. The first-order valence-electron chi connectivity index (χ1n) is 8.15. The highest BCUT2D eigenvalue weighted by molar-refractivity contribution is 5.90. The van der Waals surface area contributed by atoms with Crippen molar-refractivity contribution >= 4 is 17.4 Å². The summed E-state index contributed by atoms with van der Waals surface area (Å²) in [6.07, 6.45) is 2.90. The van der Waals surface area contributed by atoms with Gasteiger partial charge in [-0.2, -0.15) is 9.78 Å². The van der Waals surface area contributed by atoms with Gasteiger partial charge in [0.2, 0.25) is 0 Å². The highest BCUT2D eigenvalue weighted by atomic mass is 19.1. The van der Waals surface area contributed by atoms with Crippen LogP contribution in [0.1, 0.15) is 40.4 Å². The van der Waals surface area contributed by atoms with Crippen molar-refractivity contribution in [3.63, 3.8) is 0 Å². The van der Waals surface area contributed by atoms with Gasteiger partial charge in [0.05, 0.1) is 11.6 Å². The minimum atomic E-state index is -0.441. The van der Waals surface area contributed by atoms with Crippen LogP contribution in [-0.4, -0.2) is 22.2 Å². The van der Waals surface area contributed by atoms with Crippen LogP contribution in [0.2, 0.25) is 0 Å². The predicted molar refractivity (Wildman–Crippen MR) is 90.7 cm³/mol. The third kappa shape index (κ3) is 2.29. The van der Waals surface area contributed by atoms with Gasteiger partial charge in [0.25, 0.3) is 5.91 Å². The van der Waals surface area contributed by atoms with E-state index in [9.17, 15) is 9.18 Å². The molecule has 1 aromatic heterocycles. The predicted octanol–water partition coefficient (Wildman–Crippen LogP) is 2.89. The van der Waals surface area contributed by atoms with Crippen molar-refractivity contribution in [3.8, 4) is 0 Å². The number of halogens is 1. The molecule has 1 aliphatic heterocycles. The van der Waals surface area contributed by atoms with Crippen LogP contribution in [-0.2, 0) is 12.8 Å². The normalized spacial score (nSPS) is 19.4. The Labute approximate surface area is 139 Å². The zero-order valence-corrected chi connectivity index (χ0v) is 13.3. The first-order chi connectivity index (χ1) is 11.5. The van der Waals surface area contributed by atoms with Gasteiger partial charge < -0.3 is 11.1 Å². The first kappa shape index (κ1) is 14.9. The number of hydrogen-bond donors (Lipinski definition) is 2. The van der Waals surface area contributed by atoms with Crippen LogP contribution < -0.4 is 11.1 Å². The Morgan fingerprint density at radius 1 is 1.42 bits per heavy atom. The number of benzene rings is 1. The molecule has 1 aliphatic carbocycles. The summed E-state index contributed by atoms with van der Waals surface area (Å²) in [5.41, 5.74) is 10.6. The van der Waals surface area contributed by atoms with Crippen molar-refractivity contribution in [2.45, 2.75) is 31.6 Å². The second kappa shape index (κ2) is 5.47. The third-order valence-electron chi connectivity index (χ3n) is 4.89. The van der Waals surface area contributed by atoms with E-state index in [1.807, 2.05) is 0 Å². The highest BCUT2D eigenvalue weighted by Crippen LogP contribution is 2.35. The largest absolute Gasteiger partial charge is 0.385 e. The molecule has 0 amide bonds. The van der Waals surface area contributed by atoms with Crippen LogP contribution >= 0.6 is 0 Å². The monoisotopic (exact) mass is 326 g/mol. The Hall–Kier alpha value is -2.63. The van der Waals surface area contributed by atoms with Crippen LogP contribution in [0.25, 0.3) is 0 Å². The summed E-state index contributed by atoms with van der Waals surface area (Å²) < 4.78 is 15.0. The molecule has 0 saturated heterocycles. The van der Waals surface area contributed by atoms with Crippen molar-refractivity contribution < 1.29 is 9.18 Å². The second-order valence-electron chi connectivity index (χ2n) is 6.49. The number of nitrogens with zero attached hydrogens (tertiary/aromatic N) is 2. The SMILES string of the molecule is C=C1CCc2nn(C(=O)C3CCNc4ccc(F)cc43)c(N)c2C1. The number of allylic oxidation sites excluding steroid dienone is 1. The third-order valence-corrected chi connectivity index (χ3v) is 4.89. The van der Waals surface area contributed by atoms with Gasteiger partial charge in [-0.25, -0.2) is 4.39 Å². The quantitative estimate of drug-likeness (QED) is 0.790. The minimum absolute atomic E-state index is 0.194. The summed E-state index contributed by atoms with van der Waals surface area (Å²) in [7, 11) is 0. The minimum Gasteiger partial charge on any atom is -0.385 e. The molecule has 5 nitrogen and oxygen atoms in total. The molecule has 124 valence electrons. The molecule has 4 rings (SSSR count). The van der Waals surface area contributed by atoms with Crippen LogP contribution in [0, 0.1) is 5.82 Å². The zero-order chi connectivity index (χ0) is 16.8. The Bertz CT molecular complexity index is 855. The number of carbonyl (C=O) groups excluding carboxylic acids is 1. The Kier molecular flexibility index (Phi) is 3.40. The van der Waals surface area contributed by atoms with E-state index in [0.717, 1.165) is 35.4 Å². The van der Waals surface area contributed by atoms with Gasteiger partial charge >= 0.3 is 0 Å². The number of carbonyl (C=O) groups is 1. The van der Waals surface area contributed by atoms with Crippen molar-refractivity contribution in [1.29, 1.82) is 0 Å². The average Bonchev–Trinajstić information content (AvgIpc) is 2.90. The van der Waals surface area contributed by atoms with Crippen LogP contribution in [0.5, 0.6) is 0 Å². The van der Waals surface area contributed by atoms with Crippen molar-refractivity contribution in [2.75, 3.05) is 17.6 Å². The fourth-order valence-corrected chi connectivity index (χ4v) is 3.60. The molecule has 0 fully saturated rings. The standard InChI is InChI=1S/C18H19FN4O/c1-10-2-4-16-14(8-10)17(20)23(22-16)18(24)12-6-7-21-15-5-3-11(19)9-13(12)15/h3,5,9,12,21H,1-2,4,6-8,20H2. The van der Waals surface area contributed by atoms with Gasteiger partial charge in [-0.3, -0.25) is 4.79 Å². The lowest BCUT2D eigenvalue weighted by Crippen LogP contribution is -2.28. The summed E-state index contributed by atoms with van der Waals surface area (Å²) in [5, 5.41) is 7.65. The van der Waals surface area contributed by atoms with E-state index in [-0.39, 0.29) is 11.7 Å². The maximum absolute atomic E-state index is 13.6. The van der Waals surface area contributed by atoms with E-state index in [4.69, 9.17) is 5.73 Å². The molecule has 1 atom stereocenters. The maximum Gasteiger partial charge on any atom is 0.256 e. The number of nitrogens with two attached hydrogens (primary N) is 1. The van der Waals surface area contributed by atoms with Gasteiger partial charge in [0.15, 0.2) is 0 Å². The molecule has 24 heavy (non-hydrogen) atoms. The van der Waals surface area contributed by atoms with Gasteiger partial charge in [0.1, 0.15) is 11.6 Å². The number of rotatable bonds is 1. The molecule has 0 bridgehead atoms. The highest BCUT2D eigenvalue weighted by Gasteiger charge is 2.31. The number of fused-ring (bicyclic) bond motifs is 2. The Balaban J connectivity index is 1.74. The summed E-state index contributed by atoms with van der Waals surface area (Å²) in [6.45, 7) is 4.67. The average molecular weight is 326 g/mol. The molecular weight excluding hydrogens is 307 g/mol. The molecule has 2 aliphatic rings. The van der Waals surface area contributed by atoms with E-state index in [1.54, 1.807) is 6.07 Å². The lowest BCUT2D eigenvalue weighted by molar-refractivity contribution is 0.0859. The molecule has 6 heteroatoms. The second-order valence-corrected chi connectivity index (χ2v) is 6.49. The lowest BCUT2D eigenvalue weighted by Gasteiger charge is -2.25. The van der Waals surface area contributed by atoms with Gasteiger partial charge in [-0.1, -0.05) is 12.2 Å². The van der Waals surface area contributed by atoms with Crippen molar-refractivity contribution in [2.24, 2.45) is 0 Å². The fourth-order valence-electron chi connectivity index (χ4n) is 3.60. The number of nitrogen functional groups attached to an aromatic ring is 1. The van der Waals surface area contributed by atoms with E-state index in [0.29, 0.717) is 30.8 Å². The molecule has 0 radical (unpaired) electrons. The lowest BCUT2D eigenvalue weighted by atomic mass is 9.90. The van der Waals surface area contributed by atoms with Gasteiger partial charge in [-0.15, -0.1) is 0 Å². The van der Waals surface area contributed by atoms with Gasteiger partial charge in [-0.05, 0) is 49.4 Å². The Morgan fingerprint density at radius 2 is 2.25 bits per heavy atom. The number of nitrogens with one attached hydrogen (secondary N) is 1. The summed E-state index contributed by atoms with van der Waals surface area (Å²) >= 11 is 0. The van der Waals surface area contributed by atoms with E-state index in [1.165, 1.54) is 16.8 Å². The van der Waals surface area contributed by atoms with Crippen molar-refractivity contribution in [3.05, 3.63) is 53.0 Å². The molecule has 1 aromatic carbocycles. The van der Waals surface area contributed by atoms with Crippen LogP contribution in [0.15, 0.2) is 30.4 Å². The molecule has 2 heterocycles. The Morgan fingerprint density at radius 3 is 3.08 bits per heavy atom. The summed E-state index contributed by atoms with van der Waals surface area (Å²) in [6, 6.07) is 4.49. The number of aromatic nitrogens is 2. The summed E-state index contributed by atoms with van der Waals surface area (Å²) in [5.74, 6) is -0.587. The molecule has 1 unspecified atom stereocenters. The van der Waals surface area contributed by atoms with E-state index >= 15 is 0 Å². The number of anilines is 2.